The van der Waals surface area contributed by atoms with Crippen molar-refractivity contribution in [3.63, 3.8) is 0 Å². The van der Waals surface area contributed by atoms with Crippen LogP contribution < -0.4 is 15.8 Å². The fourth-order valence-corrected chi connectivity index (χ4v) is 5.27. The molecule has 5 rings (SSSR count). The number of fused-ring (bicyclic) bond motifs is 1. The molecule has 1 aliphatic carbocycles. The zero-order valence-corrected chi connectivity index (χ0v) is 21.7. The van der Waals surface area contributed by atoms with Crippen LogP contribution in [-0.4, -0.2) is 76.6 Å². The molecule has 1 aromatic heterocycles. The van der Waals surface area contributed by atoms with E-state index in [2.05, 4.69) is 20.0 Å². The number of hydrogen-bond acceptors (Lipinski definition) is 7. The first-order valence-electron chi connectivity index (χ1n) is 13.2. The first-order chi connectivity index (χ1) is 18.7. The highest BCUT2D eigenvalue weighted by molar-refractivity contribution is 5.97. The number of aliphatic imine (C=N–C) groups is 1. The Bertz CT molecular complexity index is 1230. The molecule has 0 spiro atoms. The van der Waals surface area contributed by atoms with Crippen LogP contribution in [-0.2, 0) is 16.5 Å². The number of aromatic nitrogens is 2. The number of imidazole rings is 1. The van der Waals surface area contributed by atoms with Crippen LogP contribution in [0.25, 0.3) is 11.0 Å². The summed E-state index contributed by atoms with van der Waals surface area (Å²) in [6, 6.07) is 3.62. The number of amidine groups is 1. The maximum absolute atomic E-state index is 13.0. The summed E-state index contributed by atoms with van der Waals surface area (Å²) in [5.41, 5.74) is 8.26. The number of carbonyl (C=O) groups excluding carboxylic acids is 1. The normalized spacial score (nSPS) is 26.8. The van der Waals surface area contributed by atoms with Crippen molar-refractivity contribution in [2.24, 2.45) is 17.8 Å². The van der Waals surface area contributed by atoms with E-state index < -0.39 is 24.9 Å². The van der Waals surface area contributed by atoms with Crippen molar-refractivity contribution in [2.75, 3.05) is 19.8 Å². The number of hydrogen-bond donors (Lipinski definition) is 2. The predicted molar refractivity (Wildman–Crippen MR) is 138 cm³/mol. The molecule has 3 N–H and O–H groups in total. The first-order valence-corrected chi connectivity index (χ1v) is 13.2. The standard InChI is InChI=1S/C26H33F3N6O4/c1-34-15-32-24-20(33-23(30)8-9-31-16-3-2-10-37-14-16)11-19(12-21(24)34)38-18-6-4-17(5-7-18)35-13-22(26(27,28)29)39-25(35)36/h8-9,11-12,15-18,22,31H,2-7,10,13-14H2,1H3,(H2,30,33)/b9-8-/t16-,17?,18?,22-/m1/s1. The minimum Gasteiger partial charge on any atom is -0.490 e. The molecule has 2 atom stereocenters. The molecule has 212 valence electrons. The largest absolute Gasteiger partial charge is 0.490 e. The monoisotopic (exact) mass is 550 g/mol. The number of nitrogens with zero attached hydrogens (tertiary/aromatic N) is 4. The minimum atomic E-state index is -4.56. The molecular weight excluding hydrogens is 517 g/mol. The average molecular weight is 551 g/mol. The molecule has 0 radical (unpaired) electrons. The van der Waals surface area contributed by atoms with Crippen LogP contribution in [0.3, 0.4) is 0 Å². The summed E-state index contributed by atoms with van der Waals surface area (Å²) < 4.78 is 57.1. The molecule has 39 heavy (non-hydrogen) atoms. The van der Waals surface area contributed by atoms with Crippen molar-refractivity contribution in [1.29, 1.82) is 0 Å². The SMILES string of the molecule is Cn1cnc2c(N=C(N)/C=C\N[C@@H]3CCCOC3)cc(OC3CCC(N4C[C@H](C(F)(F)F)OC4=O)CC3)cc21. The Morgan fingerprint density at radius 3 is 2.74 bits per heavy atom. The number of carbonyl (C=O) groups is 1. The molecule has 3 aliphatic rings. The van der Waals surface area contributed by atoms with Crippen LogP contribution in [0.4, 0.5) is 23.7 Å². The second-order valence-corrected chi connectivity index (χ2v) is 10.2. The zero-order valence-electron chi connectivity index (χ0n) is 21.7. The van der Waals surface area contributed by atoms with Gasteiger partial charge in [0.25, 0.3) is 0 Å². The van der Waals surface area contributed by atoms with Gasteiger partial charge in [0.2, 0.25) is 6.10 Å². The molecule has 1 saturated carbocycles. The van der Waals surface area contributed by atoms with Gasteiger partial charge in [0, 0.05) is 44.1 Å². The third kappa shape index (κ3) is 6.40. The van der Waals surface area contributed by atoms with Gasteiger partial charge in [0.1, 0.15) is 17.1 Å². The number of ether oxygens (including phenoxy) is 3. The van der Waals surface area contributed by atoms with Gasteiger partial charge in [-0.3, -0.25) is 0 Å². The number of amides is 1. The third-order valence-corrected chi connectivity index (χ3v) is 7.37. The molecule has 2 aromatic rings. The van der Waals surface area contributed by atoms with Crippen molar-refractivity contribution < 1.29 is 32.2 Å². The summed E-state index contributed by atoms with van der Waals surface area (Å²) in [7, 11) is 1.88. The Morgan fingerprint density at radius 2 is 2.05 bits per heavy atom. The topological polar surface area (TPSA) is 116 Å². The van der Waals surface area contributed by atoms with Gasteiger partial charge >= 0.3 is 12.3 Å². The Balaban J connectivity index is 1.23. The van der Waals surface area contributed by atoms with E-state index in [1.165, 1.54) is 4.90 Å². The van der Waals surface area contributed by atoms with Crippen molar-refractivity contribution in [3.8, 4) is 5.75 Å². The Labute approximate surface area is 224 Å². The minimum absolute atomic E-state index is 0.153. The summed E-state index contributed by atoms with van der Waals surface area (Å²) in [5.74, 6) is 0.902. The van der Waals surface area contributed by atoms with Crippen LogP contribution in [0.2, 0.25) is 0 Å². The van der Waals surface area contributed by atoms with Crippen molar-refractivity contribution in [2.45, 2.75) is 69.0 Å². The van der Waals surface area contributed by atoms with Crippen LogP contribution in [0.5, 0.6) is 5.75 Å². The van der Waals surface area contributed by atoms with Crippen molar-refractivity contribution >= 4 is 28.6 Å². The summed E-state index contributed by atoms with van der Waals surface area (Å²) in [5, 5.41) is 3.28. The molecule has 10 nitrogen and oxygen atoms in total. The van der Waals surface area contributed by atoms with Gasteiger partial charge in [-0.25, -0.2) is 14.8 Å². The molecule has 2 aliphatic heterocycles. The van der Waals surface area contributed by atoms with E-state index in [1.807, 2.05) is 17.7 Å². The van der Waals surface area contributed by atoms with E-state index >= 15 is 0 Å². The average Bonchev–Trinajstić information content (AvgIpc) is 3.48. The quantitative estimate of drug-likeness (QED) is 0.397. The van der Waals surface area contributed by atoms with Gasteiger partial charge in [-0.2, -0.15) is 13.2 Å². The van der Waals surface area contributed by atoms with Gasteiger partial charge in [-0.1, -0.05) is 0 Å². The third-order valence-electron chi connectivity index (χ3n) is 7.37. The summed E-state index contributed by atoms with van der Waals surface area (Å²) in [4.78, 5) is 22.3. The number of nitrogens with two attached hydrogens (primary N) is 1. The summed E-state index contributed by atoms with van der Waals surface area (Å²) in [6.45, 7) is 0.991. The van der Waals surface area contributed by atoms with Crippen LogP contribution in [0.15, 0.2) is 35.7 Å². The first kappa shape index (κ1) is 27.1. The van der Waals surface area contributed by atoms with E-state index in [0.29, 0.717) is 55.1 Å². The summed E-state index contributed by atoms with van der Waals surface area (Å²) >= 11 is 0. The Hall–Kier alpha value is -3.48. The number of rotatable bonds is 7. The van der Waals surface area contributed by atoms with Crippen LogP contribution in [0, 0.1) is 0 Å². The highest BCUT2D eigenvalue weighted by Gasteiger charge is 2.51. The molecule has 0 unspecified atom stereocenters. The molecule has 13 heteroatoms. The lowest BCUT2D eigenvalue weighted by Gasteiger charge is -2.33. The smallest absolute Gasteiger partial charge is 0.427 e. The molecule has 2 saturated heterocycles. The number of cyclic esters (lactones) is 1. The number of alkyl halides is 3. The zero-order chi connectivity index (χ0) is 27.6. The van der Waals surface area contributed by atoms with Gasteiger partial charge in [0.05, 0.1) is 36.8 Å². The highest BCUT2D eigenvalue weighted by Crippen LogP contribution is 2.35. The van der Waals surface area contributed by atoms with Gasteiger partial charge < -0.3 is 34.7 Å². The van der Waals surface area contributed by atoms with Crippen molar-refractivity contribution in [3.05, 3.63) is 30.7 Å². The molecule has 1 aromatic carbocycles. The molecule has 3 heterocycles. The van der Waals surface area contributed by atoms with Crippen LogP contribution in [0.1, 0.15) is 38.5 Å². The molecule has 3 fully saturated rings. The molecular formula is C26H33F3N6O4. The van der Waals surface area contributed by atoms with E-state index in [0.717, 1.165) is 25.0 Å². The summed E-state index contributed by atoms with van der Waals surface area (Å²) in [6.07, 6.45) is 1.78. The van der Waals surface area contributed by atoms with Crippen molar-refractivity contribution in [1.82, 2.24) is 19.8 Å². The fourth-order valence-electron chi connectivity index (χ4n) is 5.27. The van der Waals surface area contributed by atoms with E-state index in [1.54, 1.807) is 24.7 Å². The van der Waals surface area contributed by atoms with Gasteiger partial charge in [-0.05, 0) is 44.6 Å². The van der Waals surface area contributed by atoms with E-state index in [9.17, 15) is 18.0 Å². The maximum Gasteiger partial charge on any atom is 0.427 e. The number of nitrogens with one attached hydrogen (secondary N) is 1. The van der Waals surface area contributed by atoms with Gasteiger partial charge in [0.15, 0.2) is 0 Å². The van der Waals surface area contributed by atoms with E-state index in [-0.39, 0.29) is 18.2 Å². The van der Waals surface area contributed by atoms with Gasteiger partial charge in [-0.15, -0.1) is 0 Å². The highest BCUT2D eigenvalue weighted by atomic mass is 19.4. The maximum atomic E-state index is 13.0. The lowest BCUT2D eigenvalue weighted by molar-refractivity contribution is -0.192. The van der Waals surface area contributed by atoms with E-state index in [4.69, 9.17) is 15.2 Å². The number of benzene rings is 1. The fraction of sp³-hybridized carbons (Fsp3) is 0.577. The second-order valence-electron chi connectivity index (χ2n) is 10.2. The lowest BCUT2D eigenvalue weighted by atomic mass is 9.92. The number of aryl methyl sites for hydroxylation is 1. The lowest BCUT2D eigenvalue weighted by Crippen LogP contribution is -2.42. The molecule has 1 amide bonds. The number of halogens is 3. The second kappa shape index (κ2) is 11.3. The van der Waals surface area contributed by atoms with Crippen LogP contribution >= 0.6 is 0 Å². The Kier molecular flexibility index (Phi) is 7.87. The predicted octanol–water partition coefficient (Wildman–Crippen LogP) is 3.92. The Morgan fingerprint density at radius 1 is 1.26 bits per heavy atom. The molecule has 0 bridgehead atoms.